The number of aryl methyl sites for hydroxylation is 1. The molecule has 1 aliphatic rings. The van der Waals surface area contributed by atoms with Crippen molar-refractivity contribution in [1.29, 1.82) is 0 Å². The summed E-state index contributed by atoms with van der Waals surface area (Å²) in [6, 6.07) is 10.6. The molecule has 0 atom stereocenters. The monoisotopic (exact) mass is 387 g/mol. The Morgan fingerprint density at radius 3 is 2.74 bits per heavy atom. The van der Waals surface area contributed by atoms with Crippen molar-refractivity contribution in [3.05, 3.63) is 59.4 Å². The van der Waals surface area contributed by atoms with E-state index in [1.807, 2.05) is 22.9 Å². The van der Waals surface area contributed by atoms with E-state index in [1.54, 1.807) is 36.2 Å². The first kappa shape index (κ1) is 19.2. The Balaban J connectivity index is 1.86. The molecule has 0 saturated carbocycles. The van der Waals surface area contributed by atoms with Crippen LogP contribution < -0.4 is 0 Å². The summed E-state index contributed by atoms with van der Waals surface area (Å²) in [5.41, 5.74) is 2.33. The Hall–Kier alpha value is -2.60. The van der Waals surface area contributed by atoms with Crippen LogP contribution in [0.2, 0.25) is 0 Å². The summed E-state index contributed by atoms with van der Waals surface area (Å²) in [5, 5.41) is 4.09. The molecule has 0 fully saturated rings. The lowest BCUT2D eigenvalue weighted by Crippen LogP contribution is -2.28. The SMILES string of the molecule is CN1CCC(=NOC(=O)c2ccccc2)c2ccn(CCCCCl)c2C1=O. The van der Waals surface area contributed by atoms with Gasteiger partial charge >= 0.3 is 5.97 Å². The Kier molecular flexibility index (Phi) is 6.29. The van der Waals surface area contributed by atoms with Crippen LogP contribution in [-0.2, 0) is 11.4 Å². The Labute approximate surface area is 163 Å². The molecular weight excluding hydrogens is 366 g/mol. The second kappa shape index (κ2) is 8.86. The zero-order valence-electron chi connectivity index (χ0n) is 15.2. The molecule has 7 heteroatoms. The van der Waals surface area contributed by atoms with Gasteiger partial charge in [-0.25, -0.2) is 4.79 Å². The van der Waals surface area contributed by atoms with Gasteiger partial charge in [0.15, 0.2) is 0 Å². The van der Waals surface area contributed by atoms with Gasteiger partial charge in [-0.05, 0) is 31.0 Å². The number of carbonyl (C=O) groups is 2. The van der Waals surface area contributed by atoms with E-state index in [1.165, 1.54) is 0 Å². The van der Waals surface area contributed by atoms with E-state index in [2.05, 4.69) is 5.16 Å². The molecule has 0 spiro atoms. The summed E-state index contributed by atoms with van der Waals surface area (Å²) >= 11 is 5.76. The van der Waals surface area contributed by atoms with Gasteiger partial charge < -0.3 is 14.3 Å². The lowest BCUT2D eigenvalue weighted by molar-refractivity contribution is 0.0515. The number of hydrogen-bond acceptors (Lipinski definition) is 4. The number of hydrogen-bond donors (Lipinski definition) is 0. The Bertz CT molecular complexity index is 845. The zero-order valence-corrected chi connectivity index (χ0v) is 16.0. The molecule has 142 valence electrons. The topological polar surface area (TPSA) is 63.9 Å². The molecule has 2 heterocycles. The number of unbranched alkanes of at least 4 members (excludes halogenated alkanes) is 1. The average molecular weight is 388 g/mol. The van der Waals surface area contributed by atoms with Crippen LogP contribution in [0.3, 0.4) is 0 Å². The smallest absolute Gasteiger partial charge is 0.343 e. The standard InChI is InChI=1S/C20H22ClN3O3/c1-23-13-10-17(22-27-20(26)15-7-3-2-4-8-15)16-9-14-24(12-6-5-11-21)18(16)19(23)25/h2-4,7-9,14H,5-6,10-13H2,1H3. The number of halogens is 1. The number of oxime groups is 1. The maximum absolute atomic E-state index is 12.8. The molecule has 27 heavy (non-hydrogen) atoms. The van der Waals surface area contributed by atoms with E-state index in [-0.39, 0.29) is 5.91 Å². The van der Waals surface area contributed by atoms with Crippen molar-refractivity contribution in [2.75, 3.05) is 19.5 Å². The van der Waals surface area contributed by atoms with Crippen molar-refractivity contribution >= 4 is 29.2 Å². The summed E-state index contributed by atoms with van der Waals surface area (Å²) in [6.07, 6.45) is 4.17. The fraction of sp³-hybridized carbons (Fsp3) is 0.350. The van der Waals surface area contributed by atoms with Gasteiger partial charge in [-0.15, -0.1) is 11.6 Å². The first-order valence-corrected chi connectivity index (χ1v) is 9.49. The molecule has 6 nitrogen and oxygen atoms in total. The maximum atomic E-state index is 12.8. The first-order chi connectivity index (χ1) is 13.1. The lowest BCUT2D eigenvalue weighted by atomic mass is 10.1. The Morgan fingerprint density at radius 2 is 2.00 bits per heavy atom. The molecule has 0 N–H and O–H groups in total. The predicted octanol–water partition coefficient (Wildman–Crippen LogP) is 3.54. The van der Waals surface area contributed by atoms with Crippen molar-refractivity contribution < 1.29 is 14.4 Å². The molecule has 0 aliphatic carbocycles. The summed E-state index contributed by atoms with van der Waals surface area (Å²) in [6.45, 7) is 1.22. The minimum absolute atomic E-state index is 0.0551. The van der Waals surface area contributed by atoms with Crippen molar-refractivity contribution in [2.45, 2.75) is 25.8 Å². The van der Waals surface area contributed by atoms with Crippen molar-refractivity contribution in [1.82, 2.24) is 9.47 Å². The van der Waals surface area contributed by atoms with Crippen LogP contribution >= 0.6 is 11.6 Å². The molecule has 3 rings (SSSR count). The predicted molar refractivity (Wildman–Crippen MR) is 104 cm³/mol. The molecule has 1 amide bonds. The molecule has 1 aromatic heterocycles. The van der Waals surface area contributed by atoms with Gasteiger partial charge in [0.05, 0.1) is 11.3 Å². The van der Waals surface area contributed by atoms with Gasteiger partial charge in [0.25, 0.3) is 5.91 Å². The summed E-state index contributed by atoms with van der Waals surface area (Å²) in [4.78, 5) is 31.8. The van der Waals surface area contributed by atoms with Gasteiger partial charge in [0.1, 0.15) is 5.69 Å². The van der Waals surface area contributed by atoms with Crippen LogP contribution in [0.5, 0.6) is 0 Å². The van der Waals surface area contributed by atoms with E-state index < -0.39 is 5.97 Å². The minimum Gasteiger partial charge on any atom is -0.343 e. The third kappa shape index (κ3) is 4.39. The van der Waals surface area contributed by atoms with Crippen LogP contribution in [0.1, 0.15) is 45.7 Å². The van der Waals surface area contributed by atoms with E-state index in [9.17, 15) is 9.59 Å². The molecule has 2 aromatic rings. The highest BCUT2D eigenvalue weighted by Gasteiger charge is 2.27. The van der Waals surface area contributed by atoms with Crippen LogP contribution in [0.25, 0.3) is 0 Å². The number of nitrogens with zero attached hydrogens (tertiary/aromatic N) is 3. The first-order valence-electron chi connectivity index (χ1n) is 8.96. The van der Waals surface area contributed by atoms with Crippen molar-refractivity contribution in [3.8, 4) is 0 Å². The molecule has 0 saturated heterocycles. The number of alkyl halides is 1. The number of rotatable bonds is 6. The van der Waals surface area contributed by atoms with E-state index in [0.29, 0.717) is 42.4 Å². The number of benzene rings is 1. The second-order valence-electron chi connectivity index (χ2n) is 6.43. The zero-order chi connectivity index (χ0) is 19.2. The van der Waals surface area contributed by atoms with E-state index in [0.717, 1.165) is 18.4 Å². The average Bonchev–Trinajstić information content (AvgIpc) is 3.06. The van der Waals surface area contributed by atoms with Crippen molar-refractivity contribution in [2.24, 2.45) is 5.16 Å². The molecule has 1 aromatic carbocycles. The molecular formula is C20H22ClN3O3. The third-order valence-electron chi connectivity index (χ3n) is 4.54. The van der Waals surface area contributed by atoms with Gasteiger partial charge in [-0.2, -0.15) is 0 Å². The van der Waals surface area contributed by atoms with Crippen LogP contribution in [0, 0.1) is 0 Å². The summed E-state index contributed by atoms with van der Waals surface area (Å²) in [5.74, 6) is 0.0231. The summed E-state index contributed by atoms with van der Waals surface area (Å²) < 4.78 is 1.93. The number of carbonyl (C=O) groups excluding carboxylic acids is 2. The van der Waals surface area contributed by atoms with Crippen molar-refractivity contribution in [3.63, 3.8) is 0 Å². The fourth-order valence-electron chi connectivity index (χ4n) is 3.02. The minimum atomic E-state index is -0.518. The maximum Gasteiger partial charge on any atom is 0.365 e. The quantitative estimate of drug-likeness (QED) is 0.329. The number of aromatic nitrogens is 1. The number of fused-ring (bicyclic) bond motifs is 1. The van der Waals surface area contributed by atoms with E-state index >= 15 is 0 Å². The highest BCUT2D eigenvalue weighted by Crippen LogP contribution is 2.21. The highest BCUT2D eigenvalue weighted by molar-refractivity contribution is 6.17. The second-order valence-corrected chi connectivity index (χ2v) is 6.80. The largest absolute Gasteiger partial charge is 0.365 e. The van der Waals surface area contributed by atoms with Crippen LogP contribution in [0.4, 0.5) is 0 Å². The van der Waals surface area contributed by atoms with E-state index in [4.69, 9.17) is 16.4 Å². The highest BCUT2D eigenvalue weighted by atomic mass is 35.5. The summed E-state index contributed by atoms with van der Waals surface area (Å²) in [7, 11) is 1.77. The molecule has 0 unspecified atom stereocenters. The normalized spacial score (nSPS) is 15.6. The lowest BCUT2D eigenvalue weighted by Gasteiger charge is -2.15. The van der Waals surface area contributed by atoms with Gasteiger partial charge in [-0.3, -0.25) is 4.79 Å². The van der Waals surface area contributed by atoms with Gasteiger partial charge in [0.2, 0.25) is 0 Å². The number of amides is 1. The van der Waals surface area contributed by atoms with Gasteiger partial charge in [-0.1, -0.05) is 23.4 Å². The molecule has 0 radical (unpaired) electrons. The molecule has 1 aliphatic heterocycles. The fourth-order valence-corrected chi connectivity index (χ4v) is 3.20. The third-order valence-corrected chi connectivity index (χ3v) is 4.81. The molecule has 0 bridgehead atoms. The Morgan fingerprint density at radius 1 is 1.22 bits per heavy atom. The van der Waals surface area contributed by atoms with Crippen LogP contribution in [0.15, 0.2) is 47.8 Å². The van der Waals surface area contributed by atoms with Gasteiger partial charge in [0, 0.05) is 44.2 Å². The van der Waals surface area contributed by atoms with Crippen LogP contribution in [-0.4, -0.2) is 46.5 Å².